The fourth-order valence-corrected chi connectivity index (χ4v) is 3.28. The Balaban J connectivity index is 1.49. The second-order valence-electron chi connectivity index (χ2n) is 7.57. The van der Waals surface area contributed by atoms with Crippen LogP contribution in [0.3, 0.4) is 0 Å². The number of hydrogen-bond donors (Lipinski definition) is 1. The van der Waals surface area contributed by atoms with Gasteiger partial charge in [0.1, 0.15) is 11.5 Å². The van der Waals surface area contributed by atoms with Crippen molar-refractivity contribution in [2.75, 3.05) is 20.8 Å². The number of carbonyl (C=O) groups excluding carboxylic acids is 2. The van der Waals surface area contributed by atoms with E-state index in [0.717, 1.165) is 16.7 Å². The molecule has 1 amide bonds. The highest BCUT2D eigenvalue weighted by atomic mass is 16.5. The summed E-state index contributed by atoms with van der Waals surface area (Å²) >= 11 is 0. The Morgan fingerprint density at radius 2 is 1.72 bits per heavy atom. The van der Waals surface area contributed by atoms with Crippen molar-refractivity contribution >= 4 is 11.7 Å². The molecule has 3 rings (SSSR count). The van der Waals surface area contributed by atoms with Gasteiger partial charge in [0.25, 0.3) is 0 Å². The highest BCUT2D eigenvalue weighted by molar-refractivity contribution is 5.98. The van der Waals surface area contributed by atoms with E-state index < -0.39 is 0 Å². The van der Waals surface area contributed by atoms with Crippen LogP contribution in [0.1, 0.15) is 29.0 Å². The first-order chi connectivity index (χ1) is 15.4. The Morgan fingerprint density at radius 1 is 1.00 bits per heavy atom. The first kappa shape index (κ1) is 23.1. The number of carbonyl (C=O) groups is 2. The predicted molar refractivity (Wildman–Crippen MR) is 121 cm³/mol. The molecule has 1 heterocycles. The van der Waals surface area contributed by atoms with Crippen LogP contribution < -0.4 is 14.8 Å². The molecular formula is C25H28N2O5. The van der Waals surface area contributed by atoms with Crippen LogP contribution in [0.4, 0.5) is 0 Å². The summed E-state index contributed by atoms with van der Waals surface area (Å²) in [6.07, 6.45) is 0.477. The minimum atomic E-state index is -0.310. The Bertz CT molecular complexity index is 1090. The summed E-state index contributed by atoms with van der Waals surface area (Å²) < 4.78 is 16.2. The number of nitrogens with zero attached hydrogens (tertiary/aromatic N) is 1. The Morgan fingerprint density at radius 3 is 2.41 bits per heavy atom. The van der Waals surface area contributed by atoms with Crippen LogP contribution >= 0.6 is 0 Å². The van der Waals surface area contributed by atoms with Crippen molar-refractivity contribution in [2.45, 2.75) is 33.1 Å². The van der Waals surface area contributed by atoms with E-state index >= 15 is 0 Å². The van der Waals surface area contributed by atoms with E-state index in [1.54, 1.807) is 21.1 Å². The van der Waals surface area contributed by atoms with Crippen LogP contribution in [0.15, 0.2) is 46.9 Å². The Labute approximate surface area is 187 Å². The Hall–Kier alpha value is -3.61. The maximum absolute atomic E-state index is 12.4. The molecule has 0 atom stereocenters. The van der Waals surface area contributed by atoms with Gasteiger partial charge in [-0.15, -0.1) is 0 Å². The SMILES string of the molecule is COc1ccc(CCNC(=O)CC(=O)Cc2nc(-c3ccc(C)cc3)oc2C)cc1OC. The van der Waals surface area contributed by atoms with Gasteiger partial charge in [0.05, 0.1) is 32.8 Å². The third kappa shape index (κ3) is 5.97. The molecule has 0 aliphatic rings. The van der Waals surface area contributed by atoms with Gasteiger partial charge in [0, 0.05) is 12.1 Å². The zero-order valence-electron chi connectivity index (χ0n) is 18.9. The topological polar surface area (TPSA) is 90.7 Å². The van der Waals surface area contributed by atoms with Crippen LogP contribution in [0.25, 0.3) is 11.5 Å². The molecule has 7 heteroatoms. The first-order valence-corrected chi connectivity index (χ1v) is 10.4. The summed E-state index contributed by atoms with van der Waals surface area (Å²) in [6.45, 7) is 4.20. The number of Topliss-reactive ketones (excluding diaryl/α,β-unsaturated/α-hetero) is 1. The van der Waals surface area contributed by atoms with E-state index in [1.807, 2.05) is 49.4 Å². The molecule has 0 saturated heterocycles. The van der Waals surface area contributed by atoms with Crippen molar-refractivity contribution in [2.24, 2.45) is 0 Å². The van der Waals surface area contributed by atoms with Crippen molar-refractivity contribution in [3.63, 3.8) is 0 Å². The fourth-order valence-electron chi connectivity index (χ4n) is 3.28. The highest BCUT2D eigenvalue weighted by Crippen LogP contribution is 2.27. The number of ketones is 1. The highest BCUT2D eigenvalue weighted by Gasteiger charge is 2.17. The summed E-state index contributed by atoms with van der Waals surface area (Å²) in [5, 5.41) is 2.79. The number of rotatable bonds is 10. The lowest BCUT2D eigenvalue weighted by Crippen LogP contribution is -2.28. The molecule has 0 aliphatic heterocycles. The number of methoxy groups -OCH3 is 2. The van der Waals surface area contributed by atoms with Crippen LogP contribution in [-0.4, -0.2) is 37.4 Å². The smallest absolute Gasteiger partial charge is 0.227 e. The first-order valence-electron chi connectivity index (χ1n) is 10.4. The van der Waals surface area contributed by atoms with Crippen LogP contribution in [0.2, 0.25) is 0 Å². The molecule has 2 aromatic carbocycles. The van der Waals surface area contributed by atoms with E-state index in [2.05, 4.69) is 10.3 Å². The largest absolute Gasteiger partial charge is 0.493 e. The number of aryl methyl sites for hydroxylation is 2. The van der Waals surface area contributed by atoms with Gasteiger partial charge in [-0.2, -0.15) is 0 Å². The van der Waals surface area contributed by atoms with Crippen molar-refractivity contribution < 1.29 is 23.5 Å². The van der Waals surface area contributed by atoms with E-state index in [0.29, 0.717) is 41.8 Å². The molecule has 1 N–H and O–H groups in total. The number of benzene rings is 2. The van der Waals surface area contributed by atoms with E-state index in [1.165, 1.54) is 0 Å². The average molecular weight is 437 g/mol. The van der Waals surface area contributed by atoms with Crippen LogP contribution in [-0.2, 0) is 22.4 Å². The lowest BCUT2D eigenvalue weighted by molar-refractivity contribution is -0.127. The minimum Gasteiger partial charge on any atom is -0.493 e. The summed E-state index contributed by atoms with van der Waals surface area (Å²) in [4.78, 5) is 29.0. The number of hydrogen-bond acceptors (Lipinski definition) is 6. The van der Waals surface area contributed by atoms with Gasteiger partial charge in [0.15, 0.2) is 11.5 Å². The predicted octanol–water partition coefficient (Wildman–Crippen LogP) is 3.84. The molecule has 0 spiro atoms. The Kier molecular flexibility index (Phi) is 7.65. The molecule has 1 aromatic heterocycles. The van der Waals surface area contributed by atoms with Gasteiger partial charge in [-0.25, -0.2) is 4.98 Å². The van der Waals surface area contributed by atoms with Gasteiger partial charge < -0.3 is 19.2 Å². The number of aromatic nitrogens is 1. The summed E-state index contributed by atoms with van der Waals surface area (Å²) in [6, 6.07) is 13.4. The molecule has 0 bridgehead atoms. The van der Waals surface area contributed by atoms with Crippen molar-refractivity contribution in [1.82, 2.24) is 10.3 Å². The monoisotopic (exact) mass is 436 g/mol. The zero-order valence-corrected chi connectivity index (χ0v) is 18.9. The lowest BCUT2D eigenvalue weighted by Gasteiger charge is -2.10. The second-order valence-corrected chi connectivity index (χ2v) is 7.57. The quantitative estimate of drug-likeness (QED) is 0.486. The third-order valence-electron chi connectivity index (χ3n) is 5.10. The number of oxazole rings is 1. The van der Waals surface area contributed by atoms with Gasteiger partial charge in [-0.3, -0.25) is 9.59 Å². The molecule has 32 heavy (non-hydrogen) atoms. The molecule has 3 aromatic rings. The average Bonchev–Trinajstić information content (AvgIpc) is 3.13. The van der Waals surface area contributed by atoms with Crippen LogP contribution in [0.5, 0.6) is 11.5 Å². The third-order valence-corrected chi connectivity index (χ3v) is 5.10. The summed E-state index contributed by atoms with van der Waals surface area (Å²) in [5.74, 6) is 1.84. The molecule has 0 saturated carbocycles. The molecule has 7 nitrogen and oxygen atoms in total. The molecule has 0 aliphatic carbocycles. The fraction of sp³-hybridized carbons (Fsp3) is 0.320. The van der Waals surface area contributed by atoms with E-state index in [9.17, 15) is 9.59 Å². The summed E-state index contributed by atoms with van der Waals surface area (Å²) in [5.41, 5.74) is 3.55. The number of nitrogens with one attached hydrogen (secondary N) is 1. The molecular weight excluding hydrogens is 408 g/mol. The number of amides is 1. The molecule has 0 radical (unpaired) electrons. The van der Waals surface area contributed by atoms with Crippen molar-refractivity contribution in [3.05, 3.63) is 65.0 Å². The molecule has 0 fully saturated rings. The number of ether oxygens (including phenoxy) is 2. The maximum Gasteiger partial charge on any atom is 0.227 e. The van der Waals surface area contributed by atoms with Crippen LogP contribution in [0, 0.1) is 13.8 Å². The maximum atomic E-state index is 12.4. The summed E-state index contributed by atoms with van der Waals surface area (Å²) in [7, 11) is 3.16. The molecule has 0 unspecified atom stereocenters. The van der Waals surface area contributed by atoms with Gasteiger partial charge in [0.2, 0.25) is 11.8 Å². The van der Waals surface area contributed by atoms with Crippen molar-refractivity contribution in [3.8, 4) is 23.0 Å². The van der Waals surface area contributed by atoms with Gasteiger partial charge in [-0.05, 0) is 50.1 Å². The van der Waals surface area contributed by atoms with E-state index in [4.69, 9.17) is 13.9 Å². The van der Waals surface area contributed by atoms with Gasteiger partial charge in [-0.1, -0.05) is 23.8 Å². The second kappa shape index (κ2) is 10.6. The van der Waals surface area contributed by atoms with Gasteiger partial charge >= 0.3 is 0 Å². The lowest BCUT2D eigenvalue weighted by atomic mass is 10.1. The van der Waals surface area contributed by atoms with Crippen molar-refractivity contribution in [1.29, 1.82) is 0 Å². The molecule has 168 valence electrons. The van der Waals surface area contributed by atoms with E-state index in [-0.39, 0.29) is 24.5 Å². The zero-order chi connectivity index (χ0) is 23.1. The minimum absolute atomic E-state index is 0.0598. The standard InChI is InChI=1S/C25H28N2O5/c1-16-5-8-19(9-6-16)25-27-21(17(2)32-25)14-20(28)15-24(29)26-12-11-18-7-10-22(30-3)23(13-18)31-4/h5-10,13H,11-12,14-15H2,1-4H3,(H,26,29). The normalized spacial score (nSPS) is 10.6.